The zero-order valence-electron chi connectivity index (χ0n) is 11.1. The maximum Gasteiger partial charge on any atom is 0.220 e. The van der Waals surface area contributed by atoms with Crippen LogP contribution in [-0.4, -0.2) is 36.5 Å². The molecule has 106 valence electrons. The van der Waals surface area contributed by atoms with E-state index in [2.05, 4.69) is 16.9 Å². The average molecular weight is 293 g/mol. The molecule has 0 radical (unpaired) electrons. The first-order chi connectivity index (χ1) is 8.28. The third-order valence-corrected chi connectivity index (χ3v) is 4.59. The Labute approximate surface area is 121 Å². The van der Waals surface area contributed by atoms with Gasteiger partial charge in [0.25, 0.3) is 0 Å². The number of piperidine rings is 1. The first kappa shape index (κ1) is 16.1. The second-order valence-electron chi connectivity index (χ2n) is 5.38. The van der Waals surface area contributed by atoms with E-state index in [1.807, 2.05) is 11.8 Å². The van der Waals surface area contributed by atoms with E-state index in [1.165, 1.54) is 25.7 Å². The zero-order valence-corrected chi connectivity index (χ0v) is 12.7. The van der Waals surface area contributed by atoms with Crippen molar-refractivity contribution < 1.29 is 4.79 Å². The molecule has 2 bridgehead atoms. The van der Waals surface area contributed by atoms with Gasteiger partial charge >= 0.3 is 0 Å². The summed E-state index contributed by atoms with van der Waals surface area (Å²) in [5.41, 5.74) is 0. The van der Waals surface area contributed by atoms with E-state index in [1.54, 1.807) is 0 Å². The molecule has 0 aromatic heterocycles. The molecule has 5 heteroatoms. The van der Waals surface area contributed by atoms with Gasteiger partial charge in [0.15, 0.2) is 0 Å². The number of thioether (sulfide) groups is 1. The van der Waals surface area contributed by atoms with Gasteiger partial charge in [0.2, 0.25) is 5.91 Å². The van der Waals surface area contributed by atoms with Crippen LogP contribution >= 0.6 is 24.2 Å². The highest BCUT2D eigenvalue weighted by atomic mass is 35.5. The molecule has 0 aliphatic carbocycles. The van der Waals surface area contributed by atoms with Crippen LogP contribution in [0.3, 0.4) is 0 Å². The Balaban J connectivity index is 0.00000162. The lowest BCUT2D eigenvalue weighted by atomic mass is 9.89. The highest BCUT2D eigenvalue weighted by Crippen LogP contribution is 2.32. The van der Waals surface area contributed by atoms with Crippen LogP contribution in [0.5, 0.6) is 0 Å². The van der Waals surface area contributed by atoms with Crippen LogP contribution in [0.15, 0.2) is 0 Å². The summed E-state index contributed by atoms with van der Waals surface area (Å²) in [4.78, 5) is 11.8. The number of amides is 1. The van der Waals surface area contributed by atoms with Gasteiger partial charge in [-0.3, -0.25) is 4.79 Å². The number of rotatable bonds is 6. The van der Waals surface area contributed by atoms with Gasteiger partial charge in [0.05, 0.1) is 0 Å². The predicted octanol–water partition coefficient (Wildman–Crippen LogP) is 2.20. The molecule has 2 fully saturated rings. The topological polar surface area (TPSA) is 41.1 Å². The number of hydrogen-bond acceptors (Lipinski definition) is 3. The molecule has 2 atom stereocenters. The number of carbonyl (C=O) groups excluding carboxylic acids is 1. The van der Waals surface area contributed by atoms with Crippen LogP contribution in [-0.2, 0) is 4.79 Å². The Morgan fingerprint density at radius 1 is 1.33 bits per heavy atom. The molecule has 2 aliphatic heterocycles. The van der Waals surface area contributed by atoms with Gasteiger partial charge in [-0.15, -0.1) is 12.4 Å². The second kappa shape index (κ2) is 8.28. The van der Waals surface area contributed by atoms with E-state index in [-0.39, 0.29) is 18.3 Å². The standard InChI is InChI=1S/C13H24N2OS.ClH/c1-17-6-2-5-14-13(16)9-10-7-11-3-4-12(8-10)15-11;/h10-12,15H,2-9H2,1H3,(H,14,16);1H. The van der Waals surface area contributed by atoms with Gasteiger partial charge in [-0.2, -0.15) is 11.8 Å². The molecule has 2 N–H and O–H groups in total. The van der Waals surface area contributed by atoms with Crippen LogP contribution in [0.4, 0.5) is 0 Å². The van der Waals surface area contributed by atoms with Gasteiger partial charge < -0.3 is 10.6 Å². The number of nitrogens with one attached hydrogen (secondary N) is 2. The molecule has 2 saturated heterocycles. The van der Waals surface area contributed by atoms with Crippen LogP contribution in [0.1, 0.15) is 38.5 Å². The minimum atomic E-state index is 0. The molecule has 2 aliphatic rings. The fraction of sp³-hybridized carbons (Fsp3) is 0.923. The average Bonchev–Trinajstić information content (AvgIpc) is 2.64. The van der Waals surface area contributed by atoms with Crippen molar-refractivity contribution >= 4 is 30.1 Å². The van der Waals surface area contributed by atoms with Gasteiger partial charge in [0.1, 0.15) is 0 Å². The first-order valence-electron chi connectivity index (χ1n) is 6.79. The highest BCUT2D eigenvalue weighted by molar-refractivity contribution is 7.98. The van der Waals surface area contributed by atoms with Crippen molar-refractivity contribution in [3.05, 3.63) is 0 Å². The molecule has 18 heavy (non-hydrogen) atoms. The fourth-order valence-corrected chi connectivity index (χ4v) is 3.55. The first-order valence-corrected chi connectivity index (χ1v) is 8.19. The molecular formula is C13H25ClN2OS. The van der Waals surface area contributed by atoms with Crippen molar-refractivity contribution in [3.8, 4) is 0 Å². The number of hydrogen-bond donors (Lipinski definition) is 2. The van der Waals surface area contributed by atoms with Crippen LogP contribution in [0.25, 0.3) is 0 Å². The van der Waals surface area contributed by atoms with Crippen LogP contribution in [0, 0.1) is 5.92 Å². The smallest absolute Gasteiger partial charge is 0.220 e. The summed E-state index contributed by atoms with van der Waals surface area (Å²) in [6, 6.07) is 1.39. The summed E-state index contributed by atoms with van der Waals surface area (Å²) in [6.45, 7) is 0.845. The Kier molecular flexibility index (Phi) is 7.42. The number of halogens is 1. The van der Waals surface area contributed by atoms with Gasteiger partial charge in [-0.05, 0) is 50.0 Å². The molecule has 1 amide bonds. The summed E-state index contributed by atoms with van der Waals surface area (Å²) in [7, 11) is 0. The molecule has 0 saturated carbocycles. The quantitative estimate of drug-likeness (QED) is 0.738. The van der Waals surface area contributed by atoms with E-state index >= 15 is 0 Å². The van der Waals surface area contributed by atoms with E-state index < -0.39 is 0 Å². The largest absolute Gasteiger partial charge is 0.356 e. The van der Waals surface area contributed by atoms with Gasteiger partial charge in [-0.1, -0.05) is 0 Å². The third-order valence-electron chi connectivity index (χ3n) is 3.89. The van der Waals surface area contributed by atoms with E-state index in [0.717, 1.165) is 25.1 Å². The lowest BCUT2D eigenvalue weighted by Crippen LogP contribution is -2.39. The highest BCUT2D eigenvalue weighted by Gasteiger charge is 2.33. The summed E-state index contributed by atoms with van der Waals surface area (Å²) in [6.07, 6.45) is 8.97. The minimum Gasteiger partial charge on any atom is -0.356 e. The van der Waals surface area contributed by atoms with Gasteiger partial charge in [0, 0.05) is 25.0 Å². The normalized spacial score (nSPS) is 29.7. The Hall–Kier alpha value is 0.0700. The van der Waals surface area contributed by atoms with Crippen molar-refractivity contribution in [1.29, 1.82) is 0 Å². The predicted molar refractivity (Wildman–Crippen MR) is 80.5 cm³/mol. The SMILES string of the molecule is CSCCCNC(=O)CC1CC2CCC(C1)N2.Cl. The molecule has 2 rings (SSSR count). The maximum absolute atomic E-state index is 11.8. The molecule has 2 heterocycles. The molecule has 3 nitrogen and oxygen atoms in total. The molecule has 0 aromatic carbocycles. The summed E-state index contributed by atoms with van der Waals surface area (Å²) >= 11 is 1.84. The van der Waals surface area contributed by atoms with Crippen LogP contribution < -0.4 is 10.6 Å². The molecular weight excluding hydrogens is 268 g/mol. The van der Waals surface area contributed by atoms with Crippen molar-refractivity contribution in [3.63, 3.8) is 0 Å². The molecule has 0 aromatic rings. The van der Waals surface area contributed by atoms with Gasteiger partial charge in [-0.25, -0.2) is 0 Å². The van der Waals surface area contributed by atoms with Crippen molar-refractivity contribution in [2.45, 2.75) is 50.6 Å². The zero-order chi connectivity index (χ0) is 12.1. The van der Waals surface area contributed by atoms with E-state index in [9.17, 15) is 4.79 Å². The molecule has 2 unspecified atom stereocenters. The van der Waals surface area contributed by atoms with E-state index in [4.69, 9.17) is 0 Å². The second-order valence-corrected chi connectivity index (χ2v) is 6.36. The summed E-state index contributed by atoms with van der Waals surface area (Å²) in [5, 5.41) is 6.66. The third kappa shape index (κ3) is 4.98. The minimum absolute atomic E-state index is 0. The Morgan fingerprint density at radius 3 is 2.61 bits per heavy atom. The monoisotopic (exact) mass is 292 g/mol. The number of carbonyl (C=O) groups is 1. The molecule has 0 spiro atoms. The summed E-state index contributed by atoms with van der Waals surface area (Å²) in [5.74, 6) is 2.02. The summed E-state index contributed by atoms with van der Waals surface area (Å²) < 4.78 is 0. The van der Waals surface area contributed by atoms with Crippen molar-refractivity contribution in [2.75, 3.05) is 18.6 Å². The fourth-order valence-electron chi connectivity index (χ4n) is 3.12. The lowest BCUT2D eigenvalue weighted by Gasteiger charge is -2.28. The van der Waals surface area contributed by atoms with Crippen molar-refractivity contribution in [1.82, 2.24) is 10.6 Å². The van der Waals surface area contributed by atoms with Crippen molar-refractivity contribution in [2.24, 2.45) is 5.92 Å². The Morgan fingerprint density at radius 2 is 2.00 bits per heavy atom. The Bertz CT molecular complexity index is 253. The van der Waals surface area contributed by atoms with E-state index in [0.29, 0.717) is 18.0 Å². The van der Waals surface area contributed by atoms with Crippen LogP contribution in [0.2, 0.25) is 0 Å². The number of fused-ring (bicyclic) bond motifs is 2. The maximum atomic E-state index is 11.8. The lowest BCUT2D eigenvalue weighted by molar-refractivity contribution is -0.122.